The molecule has 3 rings (SSSR count). The number of hydrogen-bond donors (Lipinski definition) is 0. The molecule has 0 saturated carbocycles. The van der Waals surface area contributed by atoms with Crippen molar-refractivity contribution in [1.82, 2.24) is 4.90 Å². The third-order valence-corrected chi connectivity index (χ3v) is 6.90. The van der Waals surface area contributed by atoms with Gasteiger partial charge in [0, 0.05) is 20.1 Å². The lowest BCUT2D eigenvalue weighted by molar-refractivity contribution is -0.133. The molecule has 0 bridgehead atoms. The van der Waals surface area contributed by atoms with Crippen LogP contribution in [0, 0.1) is 5.82 Å². The number of amides is 1. The number of halogens is 2. The molecule has 1 fully saturated rings. The summed E-state index contributed by atoms with van der Waals surface area (Å²) in [7, 11) is -2.74. The molecule has 1 heterocycles. The van der Waals surface area contributed by atoms with E-state index < -0.39 is 28.4 Å². The predicted molar refractivity (Wildman–Crippen MR) is 110 cm³/mol. The van der Waals surface area contributed by atoms with E-state index in [2.05, 4.69) is 0 Å². The highest BCUT2D eigenvalue weighted by Crippen LogP contribution is 2.26. The Hall–Kier alpha value is -2.65. The first-order valence-electron chi connectivity index (χ1n) is 9.19. The zero-order chi connectivity index (χ0) is 21.9. The van der Waals surface area contributed by atoms with Gasteiger partial charge in [0.1, 0.15) is 5.82 Å². The molecular weight excluding hydrogens is 435 g/mol. The fourth-order valence-corrected chi connectivity index (χ4v) is 4.45. The highest BCUT2D eigenvalue weighted by atomic mass is 35.5. The molecule has 1 aliphatic rings. The van der Waals surface area contributed by atoms with Gasteiger partial charge in [-0.3, -0.25) is 9.10 Å². The largest absolute Gasteiger partial charge is 0.452 e. The number of benzene rings is 2. The van der Waals surface area contributed by atoms with Crippen molar-refractivity contribution in [2.45, 2.75) is 17.7 Å². The zero-order valence-corrected chi connectivity index (χ0v) is 17.7. The minimum absolute atomic E-state index is 0.00277. The molecule has 7 nitrogen and oxygen atoms in total. The number of carbonyl (C=O) groups is 2. The van der Waals surface area contributed by atoms with Gasteiger partial charge in [-0.2, -0.15) is 0 Å². The standard InChI is InChI=1S/C20H20ClFN2O5S/c1-23(15-6-4-14(22)5-7-15)30(27,28)16-8-9-18(21)17(12-16)20(26)29-13-19(25)24-10-2-3-11-24/h4-9,12H,2-3,10-11,13H2,1H3. The van der Waals surface area contributed by atoms with Crippen molar-refractivity contribution in [3.8, 4) is 0 Å². The van der Waals surface area contributed by atoms with Crippen LogP contribution in [0.2, 0.25) is 5.02 Å². The normalized spacial score (nSPS) is 13.9. The van der Waals surface area contributed by atoms with E-state index in [0.29, 0.717) is 13.1 Å². The van der Waals surface area contributed by atoms with Crippen LogP contribution in [0.15, 0.2) is 47.4 Å². The number of nitrogens with zero attached hydrogens (tertiary/aromatic N) is 2. The summed E-state index contributed by atoms with van der Waals surface area (Å²) in [6.07, 6.45) is 1.82. The first-order valence-corrected chi connectivity index (χ1v) is 11.0. The first kappa shape index (κ1) is 22.0. The number of likely N-dealkylation sites (tertiary alicyclic amines) is 1. The second-order valence-corrected chi connectivity index (χ2v) is 9.13. The molecule has 2 aromatic carbocycles. The lowest BCUT2D eigenvalue weighted by Crippen LogP contribution is -2.32. The Morgan fingerprint density at radius 3 is 2.40 bits per heavy atom. The number of ether oxygens (including phenoxy) is 1. The van der Waals surface area contributed by atoms with Gasteiger partial charge in [-0.05, 0) is 55.3 Å². The van der Waals surface area contributed by atoms with E-state index in [1.807, 2.05) is 0 Å². The van der Waals surface area contributed by atoms with Gasteiger partial charge in [-0.15, -0.1) is 0 Å². The second kappa shape index (κ2) is 9.01. The minimum Gasteiger partial charge on any atom is -0.452 e. The van der Waals surface area contributed by atoms with Gasteiger partial charge in [0.05, 0.1) is 21.2 Å². The molecule has 0 spiro atoms. The molecule has 160 valence electrons. The predicted octanol–water partition coefficient (Wildman–Crippen LogP) is 3.08. The molecular formula is C20H20ClFN2O5S. The van der Waals surface area contributed by atoms with Gasteiger partial charge >= 0.3 is 5.97 Å². The van der Waals surface area contributed by atoms with Gasteiger partial charge < -0.3 is 9.64 Å². The van der Waals surface area contributed by atoms with Crippen LogP contribution in [0.5, 0.6) is 0 Å². The maximum Gasteiger partial charge on any atom is 0.340 e. The fraction of sp³-hybridized carbons (Fsp3) is 0.300. The molecule has 1 saturated heterocycles. The quantitative estimate of drug-likeness (QED) is 0.626. The number of rotatable bonds is 6. The summed E-state index contributed by atoms with van der Waals surface area (Å²) in [6, 6.07) is 8.55. The monoisotopic (exact) mass is 454 g/mol. The van der Waals surface area contributed by atoms with E-state index in [1.165, 1.54) is 31.3 Å². The molecule has 1 aliphatic heterocycles. The summed E-state index contributed by atoms with van der Waals surface area (Å²) < 4.78 is 45.0. The van der Waals surface area contributed by atoms with Crippen LogP contribution < -0.4 is 4.31 Å². The Bertz CT molecular complexity index is 1050. The van der Waals surface area contributed by atoms with Crippen molar-refractivity contribution in [2.75, 3.05) is 31.0 Å². The highest BCUT2D eigenvalue weighted by Gasteiger charge is 2.25. The Balaban J connectivity index is 1.78. The lowest BCUT2D eigenvalue weighted by Gasteiger charge is -2.20. The van der Waals surface area contributed by atoms with Gasteiger partial charge in [0.25, 0.3) is 15.9 Å². The van der Waals surface area contributed by atoms with Crippen LogP contribution in [-0.4, -0.2) is 51.9 Å². The van der Waals surface area contributed by atoms with Crippen molar-refractivity contribution in [3.63, 3.8) is 0 Å². The number of hydrogen-bond acceptors (Lipinski definition) is 5. The number of anilines is 1. The van der Waals surface area contributed by atoms with Crippen LogP contribution in [0.3, 0.4) is 0 Å². The Morgan fingerprint density at radius 1 is 1.13 bits per heavy atom. The topological polar surface area (TPSA) is 84.0 Å². The average molecular weight is 455 g/mol. The SMILES string of the molecule is CN(c1ccc(F)cc1)S(=O)(=O)c1ccc(Cl)c(C(=O)OCC(=O)N2CCCC2)c1. The number of sulfonamides is 1. The molecule has 0 radical (unpaired) electrons. The molecule has 0 aromatic heterocycles. The zero-order valence-electron chi connectivity index (χ0n) is 16.2. The molecule has 0 N–H and O–H groups in total. The number of esters is 1. The summed E-state index contributed by atoms with van der Waals surface area (Å²) in [4.78, 5) is 25.9. The fourth-order valence-electron chi connectivity index (χ4n) is 3.03. The summed E-state index contributed by atoms with van der Waals surface area (Å²) in [5, 5.41) is -0.00277. The van der Waals surface area contributed by atoms with Crippen molar-refractivity contribution in [3.05, 3.63) is 58.9 Å². The molecule has 0 atom stereocenters. The lowest BCUT2D eigenvalue weighted by atomic mass is 10.2. The Kier molecular flexibility index (Phi) is 6.62. The molecule has 10 heteroatoms. The minimum atomic E-state index is -4.05. The van der Waals surface area contributed by atoms with Crippen molar-refractivity contribution in [2.24, 2.45) is 0 Å². The highest BCUT2D eigenvalue weighted by molar-refractivity contribution is 7.92. The van der Waals surface area contributed by atoms with Crippen LogP contribution in [0.1, 0.15) is 23.2 Å². The average Bonchev–Trinajstić information content (AvgIpc) is 3.27. The van der Waals surface area contributed by atoms with Crippen LogP contribution in [0.25, 0.3) is 0 Å². The van der Waals surface area contributed by atoms with E-state index in [1.54, 1.807) is 4.90 Å². The van der Waals surface area contributed by atoms with Crippen molar-refractivity contribution < 1.29 is 27.1 Å². The maximum absolute atomic E-state index is 13.1. The van der Waals surface area contributed by atoms with Gasteiger partial charge in [0.15, 0.2) is 6.61 Å². The molecule has 1 amide bonds. The van der Waals surface area contributed by atoms with Crippen LogP contribution in [0.4, 0.5) is 10.1 Å². The summed E-state index contributed by atoms with van der Waals surface area (Å²) in [5.41, 5.74) is 0.0751. The smallest absolute Gasteiger partial charge is 0.340 e. The molecule has 0 unspecified atom stereocenters. The van der Waals surface area contributed by atoms with Crippen molar-refractivity contribution in [1.29, 1.82) is 0 Å². The molecule has 30 heavy (non-hydrogen) atoms. The van der Waals surface area contributed by atoms with Crippen molar-refractivity contribution >= 4 is 39.2 Å². The second-order valence-electron chi connectivity index (χ2n) is 6.75. The van der Waals surface area contributed by atoms with E-state index >= 15 is 0 Å². The third kappa shape index (κ3) is 4.73. The summed E-state index contributed by atoms with van der Waals surface area (Å²) in [5.74, 6) is -1.70. The van der Waals surface area contributed by atoms with Gasteiger partial charge in [-0.25, -0.2) is 17.6 Å². The number of carbonyl (C=O) groups excluding carboxylic acids is 2. The Labute approximate surface area is 179 Å². The van der Waals surface area contributed by atoms with Crippen LogP contribution >= 0.6 is 11.6 Å². The molecule has 2 aromatic rings. The van der Waals surface area contributed by atoms with E-state index in [0.717, 1.165) is 35.3 Å². The third-order valence-electron chi connectivity index (χ3n) is 4.79. The van der Waals surface area contributed by atoms with Gasteiger partial charge in [0.2, 0.25) is 0 Å². The van der Waals surface area contributed by atoms with E-state index in [4.69, 9.17) is 16.3 Å². The van der Waals surface area contributed by atoms with E-state index in [-0.39, 0.29) is 27.1 Å². The van der Waals surface area contributed by atoms with Gasteiger partial charge in [-0.1, -0.05) is 11.6 Å². The van der Waals surface area contributed by atoms with Crippen LogP contribution in [-0.2, 0) is 19.6 Å². The maximum atomic E-state index is 13.1. The molecule has 0 aliphatic carbocycles. The Morgan fingerprint density at radius 2 is 1.77 bits per heavy atom. The summed E-state index contributed by atoms with van der Waals surface area (Å²) >= 11 is 6.05. The van der Waals surface area contributed by atoms with E-state index in [9.17, 15) is 22.4 Å². The summed E-state index contributed by atoms with van der Waals surface area (Å²) in [6.45, 7) is 0.808. The first-order chi connectivity index (χ1) is 14.2.